The van der Waals surface area contributed by atoms with Gasteiger partial charge in [-0.25, -0.2) is 13.1 Å². The molecule has 120 valence electrons. The number of ether oxygens (including phenoxy) is 1. The van der Waals surface area contributed by atoms with Gasteiger partial charge in [0.25, 0.3) is 0 Å². The van der Waals surface area contributed by atoms with Gasteiger partial charge in [-0.15, -0.1) is 11.3 Å². The largest absolute Gasteiger partial charge is 0.495 e. The normalized spacial score (nSPS) is 11.7. The van der Waals surface area contributed by atoms with E-state index in [0.29, 0.717) is 10.2 Å². The third-order valence-corrected chi connectivity index (χ3v) is 6.36. The van der Waals surface area contributed by atoms with E-state index in [0.717, 1.165) is 15.6 Å². The van der Waals surface area contributed by atoms with Crippen LogP contribution in [0, 0.1) is 0 Å². The second-order valence-corrected chi connectivity index (χ2v) is 8.44. The minimum atomic E-state index is -3.67. The fourth-order valence-corrected chi connectivity index (χ4v) is 4.96. The van der Waals surface area contributed by atoms with E-state index in [-0.39, 0.29) is 11.4 Å². The van der Waals surface area contributed by atoms with Gasteiger partial charge in [0.05, 0.1) is 7.11 Å². The maximum atomic E-state index is 12.6. The molecule has 0 aliphatic carbocycles. The Morgan fingerprint density at radius 2 is 2.00 bits per heavy atom. The Labute approximate surface area is 147 Å². The summed E-state index contributed by atoms with van der Waals surface area (Å²) in [6, 6.07) is 12.8. The van der Waals surface area contributed by atoms with E-state index >= 15 is 0 Å². The van der Waals surface area contributed by atoms with Gasteiger partial charge in [-0.3, -0.25) is 0 Å². The van der Waals surface area contributed by atoms with Crippen LogP contribution in [0.3, 0.4) is 0 Å². The highest BCUT2D eigenvalue weighted by Gasteiger charge is 2.20. The van der Waals surface area contributed by atoms with E-state index in [4.69, 9.17) is 4.74 Å². The monoisotopic (exact) mass is 411 g/mol. The first-order valence-electron chi connectivity index (χ1n) is 6.79. The molecule has 0 aliphatic heterocycles. The lowest BCUT2D eigenvalue weighted by atomic mass is 10.2. The van der Waals surface area contributed by atoms with Gasteiger partial charge < -0.3 is 4.74 Å². The van der Waals surface area contributed by atoms with Crippen molar-refractivity contribution in [3.63, 3.8) is 0 Å². The molecule has 0 fully saturated rings. The van der Waals surface area contributed by atoms with Gasteiger partial charge in [0.2, 0.25) is 10.0 Å². The predicted octanol–water partition coefficient (Wildman–Crippen LogP) is 4.15. The number of rotatable bonds is 5. The standard InChI is InChI=1S/C16H14BrNO3S2/c1-21-14-7-6-12(17)8-16(14)23(19,20)18-9-11-10-22-15-5-3-2-4-13(11)15/h2-8,10,18H,9H2,1H3. The van der Waals surface area contributed by atoms with Crippen LogP contribution in [0.2, 0.25) is 0 Å². The molecule has 0 saturated carbocycles. The Kier molecular flexibility index (Phi) is 4.72. The molecule has 23 heavy (non-hydrogen) atoms. The zero-order valence-electron chi connectivity index (χ0n) is 12.2. The van der Waals surface area contributed by atoms with Crippen molar-refractivity contribution < 1.29 is 13.2 Å². The van der Waals surface area contributed by atoms with Gasteiger partial charge in [-0.1, -0.05) is 34.1 Å². The Bertz CT molecular complexity index is 951. The number of nitrogens with one attached hydrogen (secondary N) is 1. The molecule has 0 spiro atoms. The van der Waals surface area contributed by atoms with Crippen LogP contribution in [0.5, 0.6) is 5.75 Å². The van der Waals surface area contributed by atoms with Crippen LogP contribution in [0.1, 0.15) is 5.56 Å². The number of thiophene rings is 1. The highest BCUT2D eigenvalue weighted by molar-refractivity contribution is 9.10. The Balaban J connectivity index is 1.89. The average Bonchev–Trinajstić information content (AvgIpc) is 2.96. The summed E-state index contributed by atoms with van der Waals surface area (Å²) in [5.41, 5.74) is 0.961. The van der Waals surface area contributed by atoms with Crippen molar-refractivity contribution in [2.24, 2.45) is 0 Å². The molecule has 0 atom stereocenters. The number of benzene rings is 2. The van der Waals surface area contributed by atoms with Crippen molar-refractivity contribution in [3.05, 3.63) is 57.9 Å². The SMILES string of the molecule is COc1ccc(Br)cc1S(=O)(=O)NCc1csc2ccccc12. The third kappa shape index (κ3) is 3.42. The summed E-state index contributed by atoms with van der Waals surface area (Å²) in [6.45, 7) is 0.238. The summed E-state index contributed by atoms with van der Waals surface area (Å²) in [4.78, 5) is 0.119. The predicted molar refractivity (Wildman–Crippen MR) is 96.5 cm³/mol. The van der Waals surface area contributed by atoms with Crippen LogP contribution >= 0.6 is 27.3 Å². The number of fused-ring (bicyclic) bond motifs is 1. The second-order valence-electron chi connectivity index (χ2n) is 4.88. The van der Waals surface area contributed by atoms with Crippen molar-refractivity contribution in [1.29, 1.82) is 0 Å². The fraction of sp³-hybridized carbons (Fsp3) is 0.125. The minimum absolute atomic E-state index is 0.119. The molecule has 0 bridgehead atoms. The zero-order valence-corrected chi connectivity index (χ0v) is 15.5. The van der Waals surface area contributed by atoms with Gasteiger partial charge >= 0.3 is 0 Å². The van der Waals surface area contributed by atoms with E-state index in [1.54, 1.807) is 23.5 Å². The van der Waals surface area contributed by atoms with Crippen molar-refractivity contribution in [3.8, 4) is 5.75 Å². The number of hydrogen-bond acceptors (Lipinski definition) is 4. The first-order chi connectivity index (χ1) is 11.0. The second kappa shape index (κ2) is 6.60. The van der Waals surface area contributed by atoms with E-state index in [2.05, 4.69) is 20.7 Å². The molecule has 1 heterocycles. The molecule has 0 aliphatic rings. The molecule has 1 N–H and O–H groups in total. The van der Waals surface area contributed by atoms with E-state index < -0.39 is 10.0 Å². The summed E-state index contributed by atoms with van der Waals surface area (Å²) in [5.74, 6) is 0.316. The van der Waals surface area contributed by atoms with Crippen molar-refractivity contribution >= 4 is 47.4 Å². The summed E-state index contributed by atoms with van der Waals surface area (Å²) in [7, 11) is -2.22. The van der Waals surface area contributed by atoms with E-state index in [1.807, 2.05) is 29.6 Å². The maximum absolute atomic E-state index is 12.6. The highest BCUT2D eigenvalue weighted by Crippen LogP contribution is 2.29. The van der Waals surface area contributed by atoms with Gasteiger partial charge in [0.1, 0.15) is 10.6 Å². The van der Waals surface area contributed by atoms with Crippen molar-refractivity contribution in [2.45, 2.75) is 11.4 Å². The maximum Gasteiger partial charge on any atom is 0.244 e. The van der Waals surface area contributed by atoms with Crippen LogP contribution < -0.4 is 9.46 Å². The zero-order chi connectivity index (χ0) is 16.4. The first kappa shape index (κ1) is 16.4. The van der Waals surface area contributed by atoms with Crippen LogP contribution in [0.4, 0.5) is 0 Å². The van der Waals surface area contributed by atoms with E-state index in [9.17, 15) is 8.42 Å². The van der Waals surface area contributed by atoms with Gasteiger partial charge in [-0.2, -0.15) is 0 Å². The van der Waals surface area contributed by atoms with Crippen molar-refractivity contribution in [2.75, 3.05) is 7.11 Å². The van der Waals surface area contributed by atoms with Gasteiger partial charge in [-0.05, 0) is 40.6 Å². The lowest BCUT2D eigenvalue weighted by Crippen LogP contribution is -2.23. The third-order valence-electron chi connectivity index (χ3n) is 3.43. The van der Waals surface area contributed by atoms with Crippen molar-refractivity contribution in [1.82, 2.24) is 4.72 Å². The molecule has 3 aromatic rings. The molecular formula is C16H14BrNO3S2. The van der Waals surface area contributed by atoms with Gasteiger partial charge in [0, 0.05) is 15.7 Å². The van der Waals surface area contributed by atoms with Gasteiger partial charge in [0.15, 0.2) is 0 Å². The summed E-state index contributed by atoms with van der Waals surface area (Å²) in [5, 5.41) is 3.05. The first-order valence-corrected chi connectivity index (χ1v) is 9.95. The van der Waals surface area contributed by atoms with Crippen LogP contribution in [-0.4, -0.2) is 15.5 Å². The number of sulfonamides is 1. The summed E-state index contributed by atoms with van der Waals surface area (Å²) >= 11 is 4.90. The molecule has 4 nitrogen and oxygen atoms in total. The molecule has 1 aromatic heterocycles. The molecule has 3 rings (SSSR count). The minimum Gasteiger partial charge on any atom is -0.495 e. The Morgan fingerprint density at radius 1 is 1.22 bits per heavy atom. The number of halogens is 1. The molecule has 0 radical (unpaired) electrons. The quantitative estimate of drug-likeness (QED) is 0.685. The molecule has 7 heteroatoms. The summed E-state index contributed by atoms with van der Waals surface area (Å²) in [6.07, 6.45) is 0. The smallest absolute Gasteiger partial charge is 0.244 e. The fourth-order valence-electron chi connectivity index (χ4n) is 2.28. The highest BCUT2D eigenvalue weighted by atomic mass is 79.9. The van der Waals surface area contributed by atoms with Crippen LogP contribution in [-0.2, 0) is 16.6 Å². The molecule has 2 aromatic carbocycles. The molecule has 0 saturated heterocycles. The Hall–Kier alpha value is -1.41. The lowest BCUT2D eigenvalue weighted by molar-refractivity contribution is 0.402. The number of methoxy groups -OCH3 is 1. The topological polar surface area (TPSA) is 55.4 Å². The van der Waals surface area contributed by atoms with E-state index in [1.165, 1.54) is 13.2 Å². The molecule has 0 unspecified atom stereocenters. The Morgan fingerprint density at radius 3 is 2.78 bits per heavy atom. The average molecular weight is 412 g/mol. The van der Waals surface area contributed by atoms with Crippen LogP contribution in [0.15, 0.2) is 57.2 Å². The molecule has 0 amide bonds. The lowest BCUT2D eigenvalue weighted by Gasteiger charge is -2.11. The molecular weight excluding hydrogens is 398 g/mol. The summed E-state index contributed by atoms with van der Waals surface area (Å²) < 4.78 is 34.8. The number of hydrogen-bond donors (Lipinski definition) is 1. The van der Waals surface area contributed by atoms with Crippen LogP contribution in [0.25, 0.3) is 10.1 Å².